The van der Waals surface area contributed by atoms with Crippen LogP contribution in [0.25, 0.3) is 0 Å². The summed E-state index contributed by atoms with van der Waals surface area (Å²) >= 11 is 0. The average Bonchev–Trinajstić information content (AvgIpc) is 2.14. The molecule has 0 amide bonds. The predicted octanol–water partition coefficient (Wildman–Crippen LogP) is -1.22. The van der Waals surface area contributed by atoms with Crippen LogP contribution in [0.4, 0.5) is 0 Å². The van der Waals surface area contributed by atoms with Gasteiger partial charge in [-0.15, -0.1) is 0 Å². The molecular formula is C9H13NO8. The number of hydrogen-bond donors (Lipinski definition) is 4. The monoisotopic (exact) mass is 263 g/mol. The molecule has 0 aromatic rings. The molecule has 9 heteroatoms. The molecule has 102 valence electrons. The second-order valence-corrected chi connectivity index (χ2v) is 3.48. The van der Waals surface area contributed by atoms with E-state index in [2.05, 4.69) is 0 Å². The normalized spacial score (nSPS) is 12.1. The van der Waals surface area contributed by atoms with Crippen LogP contribution in [-0.4, -0.2) is 68.3 Å². The standard InChI is InChI=1S/C9H13NO8/c11-6(12)2-1-5(9(17)18)10(3-7(13)14)4-8(15)16/h5H,1-4H2,(H,11,12)(H,13,14)(H,15,16)(H,17,18)/t5-/m1/s1. The van der Waals surface area contributed by atoms with Crippen molar-refractivity contribution in [2.75, 3.05) is 13.1 Å². The van der Waals surface area contributed by atoms with E-state index in [-0.39, 0.29) is 6.42 Å². The van der Waals surface area contributed by atoms with Gasteiger partial charge in [-0.25, -0.2) is 0 Å². The Bertz CT molecular complexity index is 336. The fourth-order valence-electron chi connectivity index (χ4n) is 1.35. The molecule has 0 saturated heterocycles. The second-order valence-electron chi connectivity index (χ2n) is 3.48. The van der Waals surface area contributed by atoms with Gasteiger partial charge in [0, 0.05) is 6.42 Å². The van der Waals surface area contributed by atoms with Gasteiger partial charge in [0.15, 0.2) is 0 Å². The van der Waals surface area contributed by atoms with Crippen LogP contribution in [0.1, 0.15) is 12.8 Å². The first kappa shape index (κ1) is 15.8. The van der Waals surface area contributed by atoms with Gasteiger partial charge in [0.05, 0.1) is 13.1 Å². The molecule has 0 aliphatic carbocycles. The zero-order valence-corrected chi connectivity index (χ0v) is 9.27. The number of aliphatic carboxylic acids is 4. The zero-order valence-electron chi connectivity index (χ0n) is 9.27. The Balaban J connectivity index is 4.83. The summed E-state index contributed by atoms with van der Waals surface area (Å²) in [5.41, 5.74) is 0. The lowest BCUT2D eigenvalue weighted by atomic mass is 10.1. The van der Waals surface area contributed by atoms with Crippen LogP contribution >= 0.6 is 0 Å². The topological polar surface area (TPSA) is 152 Å². The molecule has 0 aliphatic heterocycles. The van der Waals surface area contributed by atoms with Crippen LogP contribution in [0.15, 0.2) is 0 Å². The van der Waals surface area contributed by atoms with Crippen molar-refractivity contribution in [2.45, 2.75) is 18.9 Å². The minimum absolute atomic E-state index is 0.370. The van der Waals surface area contributed by atoms with Gasteiger partial charge in [-0.05, 0) is 6.42 Å². The largest absolute Gasteiger partial charge is 0.481 e. The molecular weight excluding hydrogens is 250 g/mol. The summed E-state index contributed by atoms with van der Waals surface area (Å²) in [5.74, 6) is -5.48. The molecule has 1 atom stereocenters. The molecule has 0 aromatic carbocycles. The number of hydrogen-bond acceptors (Lipinski definition) is 5. The molecule has 9 nitrogen and oxygen atoms in total. The highest BCUT2D eigenvalue weighted by atomic mass is 16.4. The highest BCUT2D eigenvalue weighted by molar-refractivity contribution is 5.78. The fraction of sp³-hybridized carbons (Fsp3) is 0.556. The molecule has 0 bridgehead atoms. The molecule has 0 aromatic heterocycles. The van der Waals surface area contributed by atoms with Crippen molar-refractivity contribution in [3.8, 4) is 0 Å². The van der Waals surface area contributed by atoms with Gasteiger partial charge in [0.1, 0.15) is 6.04 Å². The van der Waals surface area contributed by atoms with E-state index in [0.29, 0.717) is 4.90 Å². The summed E-state index contributed by atoms with van der Waals surface area (Å²) in [4.78, 5) is 43.0. The Labute approximate surface area is 101 Å². The molecule has 0 radical (unpaired) electrons. The minimum atomic E-state index is -1.46. The first-order valence-electron chi connectivity index (χ1n) is 4.86. The maximum absolute atomic E-state index is 10.9. The van der Waals surface area contributed by atoms with E-state index < -0.39 is 49.4 Å². The molecule has 0 aliphatic rings. The van der Waals surface area contributed by atoms with Crippen LogP contribution in [0, 0.1) is 0 Å². The SMILES string of the molecule is O=C(O)CC[C@H](C(=O)O)N(CC(=O)O)CC(=O)O. The van der Waals surface area contributed by atoms with Crippen molar-refractivity contribution in [1.29, 1.82) is 0 Å². The van der Waals surface area contributed by atoms with Crippen LogP contribution in [-0.2, 0) is 19.2 Å². The first-order valence-corrected chi connectivity index (χ1v) is 4.86. The summed E-state index contributed by atoms with van der Waals surface area (Å²) < 4.78 is 0. The van der Waals surface area contributed by atoms with Crippen molar-refractivity contribution in [3.05, 3.63) is 0 Å². The summed E-state index contributed by atoms with van der Waals surface area (Å²) in [6, 6.07) is -1.46. The molecule has 0 fully saturated rings. The summed E-state index contributed by atoms with van der Waals surface area (Å²) in [7, 11) is 0. The number of carboxylic acids is 4. The third-order valence-electron chi connectivity index (χ3n) is 2.03. The summed E-state index contributed by atoms with van der Waals surface area (Å²) in [6.45, 7) is -1.58. The molecule has 18 heavy (non-hydrogen) atoms. The van der Waals surface area contributed by atoms with Gasteiger partial charge in [0.2, 0.25) is 0 Å². The molecule has 4 N–H and O–H groups in total. The number of carbonyl (C=O) groups is 4. The van der Waals surface area contributed by atoms with Crippen molar-refractivity contribution in [1.82, 2.24) is 4.90 Å². The van der Waals surface area contributed by atoms with Gasteiger partial charge in [0.25, 0.3) is 0 Å². The maximum Gasteiger partial charge on any atom is 0.320 e. The highest BCUT2D eigenvalue weighted by Crippen LogP contribution is 2.08. The van der Waals surface area contributed by atoms with E-state index in [4.69, 9.17) is 20.4 Å². The third-order valence-corrected chi connectivity index (χ3v) is 2.03. The smallest absolute Gasteiger partial charge is 0.320 e. The van der Waals surface area contributed by atoms with Gasteiger partial charge < -0.3 is 20.4 Å². The van der Waals surface area contributed by atoms with Gasteiger partial charge in [-0.2, -0.15) is 0 Å². The Morgan fingerprint density at radius 3 is 1.56 bits per heavy atom. The summed E-state index contributed by atoms with van der Waals surface area (Å²) in [5, 5.41) is 34.4. The van der Waals surface area contributed by atoms with Crippen molar-refractivity contribution < 1.29 is 39.6 Å². The van der Waals surface area contributed by atoms with Crippen molar-refractivity contribution >= 4 is 23.9 Å². The Morgan fingerprint density at radius 2 is 1.28 bits per heavy atom. The van der Waals surface area contributed by atoms with Crippen LogP contribution in [0.5, 0.6) is 0 Å². The van der Waals surface area contributed by atoms with Crippen LogP contribution in [0.3, 0.4) is 0 Å². The maximum atomic E-state index is 10.9. The molecule has 0 spiro atoms. The highest BCUT2D eigenvalue weighted by Gasteiger charge is 2.29. The first-order chi connectivity index (χ1) is 8.23. The van der Waals surface area contributed by atoms with Crippen molar-refractivity contribution in [3.63, 3.8) is 0 Å². The lowest BCUT2D eigenvalue weighted by Gasteiger charge is -2.25. The lowest BCUT2D eigenvalue weighted by molar-refractivity contribution is -0.149. The number of nitrogens with zero attached hydrogens (tertiary/aromatic N) is 1. The van der Waals surface area contributed by atoms with Crippen LogP contribution < -0.4 is 0 Å². The van der Waals surface area contributed by atoms with Gasteiger partial charge in [-0.3, -0.25) is 24.1 Å². The molecule has 0 heterocycles. The Morgan fingerprint density at radius 1 is 0.833 bits per heavy atom. The quantitative estimate of drug-likeness (QED) is 0.400. The minimum Gasteiger partial charge on any atom is -0.481 e. The zero-order chi connectivity index (χ0) is 14.3. The summed E-state index contributed by atoms with van der Waals surface area (Å²) in [6.07, 6.45) is -0.863. The molecule has 0 unspecified atom stereocenters. The van der Waals surface area contributed by atoms with Crippen molar-refractivity contribution in [2.24, 2.45) is 0 Å². The van der Waals surface area contributed by atoms with E-state index >= 15 is 0 Å². The van der Waals surface area contributed by atoms with Gasteiger partial charge in [-0.1, -0.05) is 0 Å². The third kappa shape index (κ3) is 6.43. The fourth-order valence-corrected chi connectivity index (χ4v) is 1.35. The number of rotatable bonds is 9. The molecule has 0 saturated carbocycles. The van der Waals surface area contributed by atoms with E-state index in [9.17, 15) is 19.2 Å². The van der Waals surface area contributed by atoms with E-state index in [0.717, 1.165) is 0 Å². The number of carboxylic acid groups (broad SMARTS) is 4. The van der Waals surface area contributed by atoms with Gasteiger partial charge >= 0.3 is 23.9 Å². The van der Waals surface area contributed by atoms with E-state index in [1.165, 1.54) is 0 Å². The Kier molecular flexibility index (Phi) is 6.35. The second kappa shape index (κ2) is 7.22. The van der Waals surface area contributed by atoms with E-state index in [1.807, 2.05) is 0 Å². The molecule has 0 rings (SSSR count). The average molecular weight is 263 g/mol. The van der Waals surface area contributed by atoms with E-state index in [1.54, 1.807) is 0 Å². The Hall–Kier alpha value is -2.16. The van der Waals surface area contributed by atoms with Crippen LogP contribution in [0.2, 0.25) is 0 Å². The predicted molar refractivity (Wildman–Crippen MR) is 55.1 cm³/mol. The lowest BCUT2D eigenvalue weighted by Crippen LogP contribution is -2.46.